The minimum Gasteiger partial charge on any atom is -0.465 e. The van der Waals surface area contributed by atoms with E-state index in [0.717, 1.165) is 0 Å². The fraction of sp³-hybridized carbons (Fsp3) is 0.182. The van der Waals surface area contributed by atoms with Crippen LogP contribution < -0.4 is 10.9 Å². The van der Waals surface area contributed by atoms with Gasteiger partial charge >= 0.3 is 5.97 Å². The van der Waals surface area contributed by atoms with Gasteiger partial charge in [-0.3, -0.25) is 14.2 Å². The number of hydrogen-bond donors (Lipinski definition) is 1. The number of carbonyl (C=O) groups is 2. The van der Waals surface area contributed by atoms with Crippen molar-refractivity contribution in [3.63, 3.8) is 0 Å². The van der Waals surface area contributed by atoms with Crippen molar-refractivity contribution in [2.45, 2.75) is 20.4 Å². The molecule has 0 aliphatic heterocycles. The van der Waals surface area contributed by atoms with Crippen molar-refractivity contribution in [2.75, 3.05) is 12.4 Å². The van der Waals surface area contributed by atoms with Gasteiger partial charge in [0.05, 0.1) is 12.7 Å². The van der Waals surface area contributed by atoms with Crippen molar-refractivity contribution in [1.29, 1.82) is 0 Å². The number of aryl methyl sites for hydroxylation is 1. The molecule has 3 aromatic rings. The molecular weight excluding hydrogens is 406 g/mol. The Balaban J connectivity index is 1.90. The van der Waals surface area contributed by atoms with Crippen LogP contribution in [0.3, 0.4) is 0 Å². The number of aromatic nitrogens is 2. The highest BCUT2D eigenvalue weighted by atomic mass is 35.5. The number of benzene rings is 2. The second-order valence-electron chi connectivity index (χ2n) is 6.66. The quantitative estimate of drug-likeness (QED) is 0.630. The van der Waals surface area contributed by atoms with E-state index in [1.807, 2.05) is 0 Å². The molecule has 0 spiro atoms. The number of nitrogens with zero attached hydrogens (tertiary/aromatic N) is 2. The summed E-state index contributed by atoms with van der Waals surface area (Å²) in [6, 6.07) is 13.2. The van der Waals surface area contributed by atoms with Gasteiger partial charge in [0, 0.05) is 27.5 Å². The lowest BCUT2D eigenvalue weighted by Crippen LogP contribution is -2.31. The summed E-state index contributed by atoms with van der Waals surface area (Å²) in [7, 11) is 1.30. The lowest BCUT2D eigenvalue weighted by atomic mass is 10.1. The SMILES string of the molecule is COC(=O)c1ccc(NC(=O)Cn2c(-c3cccc(Cl)c3)nc(C)c(C)c2=O)cc1. The molecule has 8 heteroatoms. The normalized spacial score (nSPS) is 10.5. The first kappa shape index (κ1) is 21.3. The number of rotatable bonds is 5. The van der Waals surface area contributed by atoms with E-state index < -0.39 is 11.9 Å². The Morgan fingerprint density at radius 3 is 2.47 bits per heavy atom. The topological polar surface area (TPSA) is 90.3 Å². The molecule has 0 aliphatic rings. The molecule has 0 bridgehead atoms. The minimum absolute atomic E-state index is 0.229. The smallest absolute Gasteiger partial charge is 0.337 e. The van der Waals surface area contributed by atoms with Crippen molar-refractivity contribution >= 4 is 29.2 Å². The van der Waals surface area contributed by atoms with Crippen molar-refractivity contribution in [1.82, 2.24) is 9.55 Å². The molecule has 0 unspecified atom stereocenters. The predicted molar refractivity (Wildman–Crippen MR) is 115 cm³/mol. The molecule has 1 amide bonds. The number of ether oxygens (including phenoxy) is 1. The second-order valence-corrected chi connectivity index (χ2v) is 7.10. The van der Waals surface area contributed by atoms with Crippen LogP contribution in [0.5, 0.6) is 0 Å². The van der Waals surface area contributed by atoms with Crippen LogP contribution in [0.1, 0.15) is 21.6 Å². The molecule has 0 aliphatic carbocycles. The van der Waals surface area contributed by atoms with E-state index >= 15 is 0 Å². The third-order valence-electron chi connectivity index (χ3n) is 4.61. The number of amides is 1. The Labute approximate surface area is 178 Å². The number of esters is 1. The summed E-state index contributed by atoms with van der Waals surface area (Å²) in [5.41, 5.74) is 2.25. The molecule has 1 N–H and O–H groups in total. The summed E-state index contributed by atoms with van der Waals surface area (Å²) in [4.78, 5) is 41.5. The molecule has 0 atom stereocenters. The number of methoxy groups -OCH3 is 1. The van der Waals surface area contributed by atoms with Crippen LogP contribution in [-0.2, 0) is 16.1 Å². The maximum Gasteiger partial charge on any atom is 0.337 e. The number of nitrogens with one attached hydrogen (secondary N) is 1. The first-order chi connectivity index (χ1) is 14.3. The van der Waals surface area contributed by atoms with Crippen molar-refractivity contribution in [2.24, 2.45) is 0 Å². The van der Waals surface area contributed by atoms with Gasteiger partial charge in [-0.1, -0.05) is 23.7 Å². The van der Waals surface area contributed by atoms with E-state index in [2.05, 4.69) is 15.0 Å². The summed E-state index contributed by atoms with van der Waals surface area (Å²) in [6.07, 6.45) is 0. The van der Waals surface area contributed by atoms with Gasteiger partial charge in [0.25, 0.3) is 5.56 Å². The van der Waals surface area contributed by atoms with E-state index in [9.17, 15) is 14.4 Å². The standard InChI is InChI=1S/C22H20ClN3O4/c1-13-14(2)24-20(16-5-4-6-17(23)11-16)26(21(13)28)12-19(27)25-18-9-7-15(8-10-18)22(29)30-3/h4-11H,12H2,1-3H3,(H,25,27). The molecule has 0 saturated carbocycles. The van der Waals surface area contributed by atoms with Gasteiger partial charge in [0.2, 0.25) is 5.91 Å². The molecule has 30 heavy (non-hydrogen) atoms. The summed E-state index contributed by atoms with van der Waals surface area (Å²) in [5, 5.41) is 3.22. The van der Waals surface area contributed by atoms with E-state index in [1.165, 1.54) is 11.7 Å². The van der Waals surface area contributed by atoms with E-state index in [0.29, 0.717) is 38.9 Å². The van der Waals surface area contributed by atoms with Crippen LogP contribution in [0.2, 0.25) is 5.02 Å². The Bertz CT molecular complexity index is 1170. The van der Waals surface area contributed by atoms with Crippen LogP contribution in [-0.4, -0.2) is 28.5 Å². The Morgan fingerprint density at radius 1 is 1.13 bits per heavy atom. The van der Waals surface area contributed by atoms with E-state index in [-0.39, 0.29) is 12.1 Å². The molecule has 1 heterocycles. The molecule has 3 rings (SSSR count). The summed E-state index contributed by atoms with van der Waals surface area (Å²) < 4.78 is 5.98. The summed E-state index contributed by atoms with van der Waals surface area (Å²) in [6.45, 7) is 3.19. The number of halogens is 1. The highest BCUT2D eigenvalue weighted by molar-refractivity contribution is 6.30. The largest absolute Gasteiger partial charge is 0.465 e. The highest BCUT2D eigenvalue weighted by Gasteiger charge is 2.16. The van der Waals surface area contributed by atoms with Gasteiger partial charge in [-0.2, -0.15) is 0 Å². The van der Waals surface area contributed by atoms with Crippen molar-refractivity contribution in [3.8, 4) is 11.4 Å². The fourth-order valence-corrected chi connectivity index (χ4v) is 3.09. The minimum atomic E-state index is -0.466. The second kappa shape index (κ2) is 8.92. The molecule has 7 nitrogen and oxygen atoms in total. The predicted octanol–water partition coefficient (Wildman–Crippen LogP) is 3.61. The molecule has 0 saturated heterocycles. The zero-order chi connectivity index (χ0) is 21.8. The van der Waals surface area contributed by atoms with Gasteiger partial charge in [-0.15, -0.1) is 0 Å². The summed E-state index contributed by atoms with van der Waals surface area (Å²) >= 11 is 6.09. The first-order valence-electron chi connectivity index (χ1n) is 9.12. The fourth-order valence-electron chi connectivity index (χ4n) is 2.90. The number of anilines is 1. The lowest BCUT2D eigenvalue weighted by Gasteiger charge is -2.15. The van der Waals surface area contributed by atoms with E-state index in [4.69, 9.17) is 11.6 Å². The van der Waals surface area contributed by atoms with Gasteiger partial charge in [-0.25, -0.2) is 9.78 Å². The average Bonchev–Trinajstić information content (AvgIpc) is 2.74. The average molecular weight is 426 g/mol. The monoisotopic (exact) mass is 425 g/mol. The van der Waals surface area contributed by atoms with Crippen molar-refractivity contribution < 1.29 is 14.3 Å². The van der Waals surface area contributed by atoms with Gasteiger partial charge in [0.1, 0.15) is 12.4 Å². The van der Waals surface area contributed by atoms with Gasteiger partial charge < -0.3 is 10.1 Å². The van der Waals surface area contributed by atoms with Gasteiger partial charge in [0.15, 0.2) is 0 Å². The lowest BCUT2D eigenvalue weighted by molar-refractivity contribution is -0.116. The maximum atomic E-state index is 12.9. The Kier molecular flexibility index (Phi) is 6.32. The van der Waals surface area contributed by atoms with Crippen LogP contribution in [0.25, 0.3) is 11.4 Å². The van der Waals surface area contributed by atoms with Crippen LogP contribution in [0.15, 0.2) is 53.3 Å². The van der Waals surface area contributed by atoms with Crippen LogP contribution in [0.4, 0.5) is 5.69 Å². The Hall–Kier alpha value is -3.45. The zero-order valence-corrected chi connectivity index (χ0v) is 17.5. The number of carbonyl (C=O) groups excluding carboxylic acids is 2. The molecule has 0 radical (unpaired) electrons. The van der Waals surface area contributed by atoms with Gasteiger partial charge in [-0.05, 0) is 50.2 Å². The zero-order valence-electron chi connectivity index (χ0n) is 16.7. The van der Waals surface area contributed by atoms with E-state index in [1.54, 1.807) is 62.4 Å². The third kappa shape index (κ3) is 4.58. The molecule has 0 fully saturated rings. The molecule has 154 valence electrons. The maximum absolute atomic E-state index is 12.9. The van der Waals surface area contributed by atoms with Crippen LogP contribution >= 0.6 is 11.6 Å². The molecule has 1 aromatic heterocycles. The number of hydrogen-bond acceptors (Lipinski definition) is 5. The first-order valence-corrected chi connectivity index (χ1v) is 9.50. The highest BCUT2D eigenvalue weighted by Crippen LogP contribution is 2.21. The van der Waals surface area contributed by atoms with Crippen LogP contribution in [0, 0.1) is 13.8 Å². The molecule has 2 aromatic carbocycles. The Morgan fingerprint density at radius 2 is 1.83 bits per heavy atom. The third-order valence-corrected chi connectivity index (χ3v) is 4.85. The van der Waals surface area contributed by atoms with Crippen molar-refractivity contribution in [3.05, 3.63) is 80.7 Å². The molecular formula is C22H20ClN3O4. The summed E-state index contributed by atoms with van der Waals surface area (Å²) in [5.74, 6) is -0.509.